The van der Waals surface area contributed by atoms with Gasteiger partial charge < -0.3 is 0 Å². The Hall–Kier alpha value is -1.93. The lowest BCUT2D eigenvalue weighted by Gasteiger charge is -1.95. The summed E-state index contributed by atoms with van der Waals surface area (Å²) < 4.78 is 0. The number of benzene rings is 2. The Morgan fingerprint density at radius 1 is 0.941 bits per heavy atom. The number of hydrogen-bond donors (Lipinski definition) is 0. The maximum Gasteiger partial charge on any atom is 0.124 e. The summed E-state index contributed by atoms with van der Waals surface area (Å²) in [5.41, 5.74) is 3.31. The number of thiazole rings is 1. The fourth-order valence-electron chi connectivity index (χ4n) is 1.67. The lowest BCUT2D eigenvalue weighted by atomic mass is 10.2. The van der Waals surface area contributed by atoms with Gasteiger partial charge in [0.25, 0.3) is 0 Å². The number of nitrogens with zero attached hydrogens (tertiary/aromatic N) is 1. The van der Waals surface area contributed by atoms with Gasteiger partial charge in [-0.2, -0.15) is 0 Å². The van der Waals surface area contributed by atoms with Crippen LogP contribution < -0.4 is 0 Å². The third-order valence-electron chi connectivity index (χ3n) is 2.53. The second-order valence-corrected chi connectivity index (χ2v) is 4.55. The van der Waals surface area contributed by atoms with E-state index in [0.29, 0.717) is 0 Å². The fraction of sp³-hybridized carbons (Fsp3) is 0. The molecule has 0 aliphatic heterocycles. The lowest BCUT2D eigenvalue weighted by molar-refractivity contribution is 1.40. The van der Waals surface area contributed by atoms with Gasteiger partial charge in [0.2, 0.25) is 0 Å². The average Bonchev–Trinajstić information content (AvgIpc) is 2.90. The molecular weight excluding hydrogens is 226 g/mol. The molecule has 0 spiro atoms. The van der Waals surface area contributed by atoms with Crippen LogP contribution in [-0.2, 0) is 0 Å². The molecule has 81 valence electrons. The number of aromatic nitrogens is 1. The highest BCUT2D eigenvalue weighted by Gasteiger charge is 2.05. The maximum absolute atomic E-state index is 4.65. The molecule has 1 nitrogen and oxygen atoms in total. The fourth-order valence-corrected chi connectivity index (χ4v) is 2.51. The standard InChI is InChI=1S/C15H10NS/c1-3-7-12(8-4-1)14-11-17-15(16-14)13-9-5-2-6-10-13/h1-3,5-11H. The summed E-state index contributed by atoms with van der Waals surface area (Å²) in [5.74, 6) is 0. The van der Waals surface area contributed by atoms with Crippen molar-refractivity contribution in [2.24, 2.45) is 0 Å². The van der Waals surface area contributed by atoms with Gasteiger partial charge in [0.05, 0.1) is 5.69 Å². The maximum atomic E-state index is 4.65. The number of rotatable bonds is 2. The van der Waals surface area contributed by atoms with Crippen LogP contribution in [0.25, 0.3) is 21.8 Å². The first kappa shape index (κ1) is 10.2. The van der Waals surface area contributed by atoms with Crippen molar-refractivity contribution in [1.29, 1.82) is 0 Å². The normalized spacial score (nSPS) is 10.4. The summed E-state index contributed by atoms with van der Waals surface area (Å²) in [6.07, 6.45) is 0. The molecular formula is C15H10NS. The van der Waals surface area contributed by atoms with Gasteiger partial charge in [0, 0.05) is 16.5 Å². The Morgan fingerprint density at radius 2 is 1.76 bits per heavy atom. The molecule has 1 heterocycles. The van der Waals surface area contributed by atoms with Crippen molar-refractivity contribution in [2.45, 2.75) is 0 Å². The molecule has 1 radical (unpaired) electrons. The van der Waals surface area contributed by atoms with Crippen molar-refractivity contribution in [3.05, 3.63) is 66.0 Å². The van der Waals surface area contributed by atoms with E-state index in [1.165, 1.54) is 5.56 Å². The Bertz CT molecular complexity index is 545. The minimum absolute atomic E-state index is 1.02. The molecule has 2 aromatic carbocycles. The third-order valence-corrected chi connectivity index (χ3v) is 3.42. The van der Waals surface area contributed by atoms with Crippen LogP contribution in [-0.4, -0.2) is 4.98 Å². The first-order chi connectivity index (χ1) is 8.43. The summed E-state index contributed by atoms with van der Waals surface area (Å²) in [6.45, 7) is 0. The molecule has 3 aromatic rings. The molecule has 0 fully saturated rings. The predicted molar refractivity (Wildman–Crippen MR) is 71.8 cm³/mol. The summed E-state index contributed by atoms with van der Waals surface area (Å²) in [5, 5.41) is 3.15. The van der Waals surface area contributed by atoms with E-state index in [2.05, 4.69) is 34.6 Å². The van der Waals surface area contributed by atoms with Crippen molar-refractivity contribution in [3.8, 4) is 21.8 Å². The third kappa shape index (κ3) is 2.12. The van der Waals surface area contributed by atoms with Gasteiger partial charge in [-0.25, -0.2) is 4.98 Å². The van der Waals surface area contributed by atoms with Gasteiger partial charge in [-0.05, 0) is 12.1 Å². The molecule has 17 heavy (non-hydrogen) atoms. The summed E-state index contributed by atoms with van der Waals surface area (Å²) >= 11 is 1.67. The van der Waals surface area contributed by atoms with Crippen molar-refractivity contribution < 1.29 is 0 Å². The zero-order chi connectivity index (χ0) is 11.5. The largest absolute Gasteiger partial charge is 0.236 e. The van der Waals surface area contributed by atoms with Crippen LogP contribution in [0, 0.1) is 6.07 Å². The SMILES string of the molecule is [c]1cccc(-c2csc(-c3ccccc3)n2)c1. The molecule has 0 atom stereocenters. The highest BCUT2D eigenvalue weighted by molar-refractivity contribution is 7.13. The van der Waals surface area contributed by atoms with Crippen LogP contribution in [0.3, 0.4) is 0 Å². The van der Waals surface area contributed by atoms with Gasteiger partial charge in [0.15, 0.2) is 0 Å². The van der Waals surface area contributed by atoms with E-state index in [0.717, 1.165) is 16.3 Å². The van der Waals surface area contributed by atoms with Crippen molar-refractivity contribution in [3.63, 3.8) is 0 Å². The molecule has 3 rings (SSSR count). The van der Waals surface area contributed by atoms with Gasteiger partial charge in [-0.3, -0.25) is 0 Å². The van der Waals surface area contributed by atoms with E-state index in [9.17, 15) is 0 Å². The zero-order valence-electron chi connectivity index (χ0n) is 9.13. The Kier molecular flexibility index (Phi) is 2.72. The van der Waals surface area contributed by atoms with Crippen molar-refractivity contribution in [2.75, 3.05) is 0 Å². The van der Waals surface area contributed by atoms with Gasteiger partial charge in [0.1, 0.15) is 5.01 Å². The van der Waals surface area contributed by atoms with Crippen molar-refractivity contribution in [1.82, 2.24) is 4.98 Å². The van der Waals surface area contributed by atoms with Crippen LogP contribution in [0.2, 0.25) is 0 Å². The topological polar surface area (TPSA) is 12.9 Å². The Morgan fingerprint density at radius 3 is 2.53 bits per heavy atom. The van der Waals surface area contributed by atoms with Crippen LogP contribution in [0.1, 0.15) is 0 Å². The van der Waals surface area contributed by atoms with Gasteiger partial charge >= 0.3 is 0 Å². The quantitative estimate of drug-likeness (QED) is 0.647. The van der Waals surface area contributed by atoms with E-state index in [4.69, 9.17) is 0 Å². The molecule has 0 N–H and O–H groups in total. The highest BCUT2D eigenvalue weighted by atomic mass is 32.1. The summed E-state index contributed by atoms with van der Waals surface area (Å²) in [4.78, 5) is 4.65. The van der Waals surface area contributed by atoms with Crippen LogP contribution >= 0.6 is 11.3 Å². The lowest BCUT2D eigenvalue weighted by Crippen LogP contribution is -1.78. The summed E-state index contributed by atoms with van der Waals surface area (Å²) in [6, 6.07) is 21.2. The summed E-state index contributed by atoms with van der Waals surface area (Å²) in [7, 11) is 0. The monoisotopic (exact) mass is 236 g/mol. The van der Waals surface area contributed by atoms with Crippen molar-refractivity contribution >= 4 is 11.3 Å². The zero-order valence-corrected chi connectivity index (χ0v) is 9.95. The van der Waals surface area contributed by atoms with Crippen LogP contribution in [0.4, 0.5) is 0 Å². The molecule has 0 saturated heterocycles. The second-order valence-electron chi connectivity index (χ2n) is 3.70. The predicted octanol–water partition coefficient (Wildman–Crippen LogP) is 4.28. The van der Waals surface area contributed by atoms with E-state index in [1.807, 2.05) is 36.4 Å². The first-order valence-electron chi connectivity index (χ1n) is 5.41. The van der Waals surface area contributed by atoms with Gasteiger partial charge in [-0.15, -0.1) is 11.3 Å². The molecule has 0 amide bonds. The van der Waals surface area contributed by atoms with E-state index < -0.39 is 0 Å². The number of hydrogen-bond acceptors (Lipinski definition) is 2. The molecule has 0 aliphatic carbocycles. The average molecular weight is 236 g/mol. The Balaban J connectivity index is 1.99. The molecule has 2 heteroatoms. The minimum Gasteiger partial charge on any atom is -0.236 e. The molecule has 0 saturated carbocycles. The van der Waals surface area contributed by atoms with Crippen LogP contribution in [0.5, 0.6) is 0 Å². The molecule has 0 unspecified atom stereocenters. The molecule has 0 aliphatic rings. The van der Waals surface area contributed by atoms with E-state index >= 15 is 0 Å². The Labute approximate surface area is 104 Å². The highest BCUT2D eigenvalue weighted by Crippen LogP contribution is 2.28. The van der Waals surface area contributed by atoms with E-state index in [-0.39, 0.29) is 0 Å². The smallest absolute Gasteiger partial charge is 0.124 e. The molecule has 0 bridgehead atoms. The minimum atomic E-state index is 1.02. The van der Waals surface area contributed by atoms with Gasteiger partial charge in [-0.1, -0.05) is 48.5 Å². The van der Waals surface area contributed by atoms with Crippen LogP contribution in [0.15, 0.2) is 60.0 Å². The molecule has 1 aromatic heterocycles. The second kappa shape index (κ2) is 4.52. The first-order valence-corrected chi connectivity index (χ1v) is 6.29. The van der Waals surface area contributed by atoms with E-state index in [1.54, 1.807) is 11.3 Å².